The summed E-state index contributed by atoms with van der Waals surface area (Å²) < 4.78 is 16.4. The summed E-state index contributed by atoms with van der Waals surface area (Å²) in [6.07, 6.45) is 5.34. The summed E-state index contributed by atoms with van der Waals surface area (Å²) in [5.41, 5.74) is -0.0759. The standard InChI is InChI=1S/C17H20BrFN4O/c18-14-2-3-15(19)13(12-14)4-8-21-16(24)17(5-9-20-10-6-17)23-11-1-7-22-23/h1-3,7,11-12,20H,4-6,8-10H2,(H,21,24). The predicted octanol–water partition coefficient (Wildman–Crippen LogP) is 2.22. The van der Waals surface area contributed by atoms with Gasteiger partial charge in [0.15, 0.2) is 0 Å². The molecule has 0 radical (unpaired) electrons. The molecule has 1 aliphatic rings. The van der Waals surface area contributed by atoms with Crippen LogP contribution in [0.1, 0.15) is 18.4 Å². The van der Waals surface area contributed by atoms with Gasteiger partial charge in [-0.05, 0) is 62.2 Å². The van der Waals surface area contributed by atoms with Gasteiger partial charge >= 0.3 is 0 Å². The summed E-state index contributed by atoms with van der Waals surface area (Å²) in [6.45, 7) is 1.93. The zero-order valence-corrected chi connectivity index (χ0v) is 14.9. The Morgan fingerprint density at radius 2 is 2.21 bits per heavy atom. The largest absolute Gasteiger partial charge is 0.354 e. The van der Waals surface area contributed by atoms with Crippen molar-refractivity contribution in [3.8, 4) is 0 Å². The molecule has 2 heterocycles. The predicted molar refractivity (Wildman–Crippen MR) is 93.1 cm³/mol. The highest BCUT2D eigenvalue weighted by Crippen LogP contribution is 2.27. The van der Waals surface area contributed by atoms with E-state index in [0.29, 0.717) is 31.4 Å². The Labute approximate surface area is 148 Å². The number of hydrogen-bond acceptors (Lipinski definition) is 3. The van der Waals surface area contributed by atoms with Gasteiger partial charge in [-0.3, -0.25) is 9.48 Å². The number of amides is 1. The van der Waals surface area contributed by atoms with E-state index in [1.165, 1.54) is 6.07 Å². The smallest absolute Gasteiger partial charge is 0.248 e. The molecule has 3 rings (SSSR count). The van der Waals surface area contributed by atoms with Crippen LogP contribution in [-0.4, -0.2) is 35.3 Å². The first-order valence-corrected chi connectivity index (χ1v) is 8.84. The van der Waals surface area contributed by atoms with E-state index in [1.807, 2.05) is 12.3 Å². The number of carbonyl (C=O) groups is 1. The van der Waals surface area contributed by atoms with Crippen molar-refractivity contribution in [2.24, 2.45) is 0 Å². The van der Waals surface area contributed by atoms with Crippen LogP contribution in [0, 0.1) is 5.82 Å². The minimum atomic E-state index is -0.662. The van der Waals surface area contributed by atoms with E-state index in [-0.39, 0.29) is 11.7 Å². The topological polar surface area (TPSA) is 59.0 Å². The summed E-state index contributed by atoms with van der Waals surface area (Å²) >= 11 is 3.34. The molecule has 0 atom stereocenters. The van der Waals surface area contributed by atoms with Crippen LogP contribution in [0.5, 0.6) is 0 Å². The third kappa shape index (κ3) is 3.52. The Morgan fingerprint density at radius 1 is 1.42 bits per heavy atom. The van der Waals surface area contributed by atoms with Gasteiger partial charge in [0.1, 0.15) is 11.4 Å². The molecule has 2 aromatic rings. The second-order valence-electron chi connectivity index (χ2n) is 5.97. The molecule has 2 N–H and O–H groups in total. The molecule has 1 fully saturated rings. The molecule has 5 nitrogen and oxygen atoms in total. The quantitative estimate of drug-likeness (QED) is 0.817. The molecule has 1 amide bonds. The van der Waals surface area contributed by atoms with E-state index < -0.39 is 5.54 Å². The van der Waals surface area contributed by atoms with Gasteiger partial charge in [0, 0.05) is 23.4 Å². The molecule has 1 aliphatic heterocycles. The van der Waals surface area contributed by atoms with Crippen LogP contribution in [0.25, 0.3) is 0 Å². The zero-order chi connectivity index (χ0) is 17.0. The highest BCUT2D eigenvalue weighted by atomic mass is 79.9. The maximum absolute atomic E-state index is 13.8. The van der Waals surface area contributed by atoms with Crippen molar-refractivity contribution in [1.29, 1.82) is 0 Å². The molecule has 0 bridgehead atoms. The van der Waals surface area contributed by atoms with Crippen molar-refractivity contribution in [1.82, 2.24) is 20.4 Å². The van der Waals surface area contributed by atoms with Crippen molar-refractivity contribution in [3.05, 3.63) is 52.5 Å². The monoisotopic (exact) mass is 394 g/mol. The van der Waals surface area contributed by atoms with Crippen LogP contribution in [0.2, 0.25) is 0 Å². The highest BCUT2D eigenvalue weighted by Gasteiger charge is 2.41. The van der Waals surface area contributed by atoms with Crippen LogP contribution in [0.3, 0.4) is 0 Å². The van der Waals surface area contributed by atoms with Gasteiger partial charge in [0.2, 0.25) is 5.91 Å². The van der Waals surface area contributed by atoms with Gasteiger partial charge in [-0.2, -0.15) is 5.10 Å². The SMILES string of the molecule is O=C(NCCc1cc(Br)ccc1F)C1(n2cccn2)CCNCC1. The number of halogens is 2. The van der Waals surface area contributed by atoms with Gasteiger partial charge in [-0.15, -0.1) is 0 Å². The summed E-state index contributed by atoms with van der Waals surface area (Å²) in [7, 11) is 0. The summed E-state index contributed by atoms with van der Waals surface area (Å²) in [6, 6.07) is 6.67. The molecule has 128 valence electrons. The summed E-state index contributed by atoms with van der Waals surface area (Å²) in [5, 5.41) is 10.5. The molecular formula is C17H20BrFN4O. The molecule has 7 heteroatoms. The van der Waals surface area contributed by atoms with Gasteiger partial charge < -0.3 is 10.6 Å². The fourth-order valence-electron chi connectivity index (χ4n) is 3.13. The van der Waals surface area contributed by atoms with E-state index in [1.54, 1.807) is 23.0 Å². The fourth-order valence-corrected chi connectivity index (χ4v) is 3.54. The second-order valence-corrected chi connectivity index (χ2v) is 6.89. The van der Waals surface area contributed by atoms with Gasteiger partial charge in [0.05, 0.1) is 0 Å². The van der Waals surface area contributed by atoms with Gasteiger partial charge in [-0.25, -0.2) is 4.39 Å². The molecule has 0 spiro atoms. The van der Waals surface area contributed by atoms with Crippen LogP contribution < -0.4 is 10.6 Å². The number of rotatable bonds is 5. The van der Waals surface area contributed by atoms with Crippen LogP contribution in [0.4, 0.5) is 4.39 Å². The van der Waals surface area contributed by atoms with Crippen molar-refractivity contribution in [3.63, 3.8) is 0 Å². The molecular weight excluding hydrogens is 375 g/mol. The van der Waals surface area contributed by atoms with Crippen molar-refractivity contribution >= 4 is 21.8 Å². The number of hydrogen-bond donors (Lipinski definition) is 2. The number of carbonyl (C=O) groups excluding carboxylic acids is 1. The lowest BCUT2D eigenvalue weighted by molar-refractivity contribution is -0.131. The average molecular weight is 395 g/mol. The maximum Gasteiger partial charge on any atom is 0.248 e. The Bertz CT molecular complexity index is 699. The van der Waals surface area contributed by atoms with Gasteiger partial charge in [-0.1, -0.05) is 15.9 Å². The number of nitrogens with one attached hydrogen (secondary N) is 2. The lowest BCUT2D eigenvalue weighted by Gasteiger charge is -2.36. The average Bonchev–Trinajstić information content (AvgIpc) is 3.13. The van der Waals surface area contributed by atoms with E-state index in [9.17, 15) is 9.18 Å². The Kier molecular flexibility index (Phi) is 5.30. The maximum atomic E-state index is 13.8. The van der Waals surface area contributed by atoms with Crippen LogP contribution >= 0.6 is 15.9 Å². The lowest BCUT2D eigenvalue weighted by atomic mass is 9.87. The van der Waals surface area contributed by atoms with Gasteiger partial charge in [0.25, 0.3) is 0 Å². The molecule has 1 aromatic heterocycles. The number of nitrogens with zero attached hydrogens (tertiary/aromatic N) is 2. The molecule has 1 saturated heterocycles. The van der Waals surface area contributed by atoms with E-state index in [2.05, 4.69) is 31.7 Å². The third-order valence-electron chi connectivity index (χ3n) is 4.48. The number of aromatic nitrogens is 2. The first-order chi connectivity index (χ1) is 11.6. The third-order valence-corrected chi connectivity index (χ3v) is 4.98. The molecule has 0 unspecified atom stereocenters. The zero-order valence-electron chi connectivity index (χ0n) is 13.3. The lowest BCUT2D eigenvalue weighted by Crippen LogP contribution is -2.54. The van der Waals surface area contributed by atoms with E-state index >= 15 is 0 Å². The second kappa shape index (κ2) is 7.44. The number of piperidine rings is 1. The van der Waals surface area contributed by atoms with E-state index in [0.717, 1.165) is 17.6 Å². The highest BCUT2D eigenvalue weighted by molar-refractivity contribution is 9.10. The summed E-state index contributed by atoms with van der Waals surface area (Å²) in [5.74, 6) is -0.306. The minimum Gasteiger partial charge on any atom is -0.354 e. The number of benzene rings is 1. The van der Waals surface area contributed by atoms with Crippen molar-refractivity contribution in [2.75, 3.05) is 19.6 Å². The first kappa shape index (κ1) is 17.1. The van der Waals surface area contributed by atoms with Crippen molar-refractivity contribution in [2.45, 2.75) is 24.8 Å². The van der Waals surface area contributed by atoms with Crippen LogP contribution in [-0.2, 0) is 16.8 Å². The molecule has 24 heavy (non-hydrogen) atoms. The Balaban J connectivity index is 1.67. The molecule has 1 aromatic carbocycles. The summed E-state index contributed by atoms with van der Waals surface area (Å²) in [4.78, 5) is 12.9. The first-order valence-electron chi connectivity index (χ1n) is 8.05. The Morgan fingerprint density at radius 3 is 2.92 bits per heavy atom. The van der Waals surface area contributed by atoms with Crippen molar-refractivity contribution < 1.29 is 9.18 Å². The fraction of sp³-hybridized carbons (Fsp3) is 0.412. The molecule has 0 aliphatic carbocycles. The molecule has 0 saturated carbocycles. The minimum absolute atomic E-state index is 0.0527. The van der Waals surface area contributed by atoms with E-state index in [4.69, 9.17) is 0 Å². The normalized spacial score (nSPS) is 16.8. The Hall–Kier alpha value is -1.73. The van der Waals surface area contributed by atoms with Crippen LogP contribution in [0.15, 0.2) is 41.1 Å².